The largest absolute Gasteiger partial charge is 0.376 e. The molecule has 0 saturated carbocycles. The van der Waals surface area contributed by atoms with E-state index in [1.165, 1.54) is 0 Å². The molecule has 0 aliphatic carbocycles. The molecule has 3 heteroatoms. The van der Waals surface area contributed by atoms with Crippen LogP contribution in [0.25, 0.3) is 0 Å². The van der Waals surface area contributed by atoms with Gasteiger partial charge in [0, 0.05) is 24.9 Å². The molecule has 0 bridgehead atoms. The molecule has 2 nitrogen and oxygen atoms in total. The van der Waals surface area contributed by atoms with Crippen LogP contribution in [0.1, 0.15) is 12.6 Å². The lowest BCUT2D eigenvalue weighted by molar-refractivity contribution is 0.971. The van der Waals surface area contributed by atoms with Gasteiger partial charge in [-0.15, -0.1) is 0 Å². The summed E-state index contributed by atoms with van der Waals surface area (Å²) in [4.78, 5) is 5.01. The van der Waals surface area contributed by atoms with Crippen LogP contribution in [0.5, 0.6) is 0 Å². The zero-order valence-electron chi connectivity index (χ0n) is 8.29. The van der Waals surface area contributed by atoms with Gasteiger partial charge < -0.3 is 5.32 Å². The summed E-state index contributed by atoms with van der Waals surface area (Å²) in [5.74, 6) is 0. The normalized spacial score (nSPS) is 9.50. The van der Waals surface area contributed by atoms with Crippen molar-refractivity contribution in [2.45, 2.75) is 13.3 Å². The van der Waals surface area contributed by atoms with Crippen molar-refractivity contribution in [2.24, 2.45) is 0 Å². The second kappa shape index (κ2) is 5.50. The van der Waals surface area contributed by atoms with E-state index in [1.807, 2.05) is 25.1 Å². The molecule has 1 rings (SSSR count). The summed E-state index contributed by atoms with van der Waals surface area (Å²) in [6, 6.07) is 5.83. The zero-order valence-corrected chi connectivity index (χ0v) is 9.10. The summed E-state index contributed by atoms with van der Waals surface area (Å²) in [7, 11) is 0. The highest BCUT2D eigenvalue weighted by molar-refractivity contribution is 7.80. The van der Waals surface area contributed by atoms with Crippen LogP contribution in [0.15, 0.2) is 36.5 Å². The number of hydrogen-bond donors (Lipinski definition) is 1. The Hall–Kier alpha value is -1.22. The highest BCUT2D eigenvalue weighted by atomic mass is 32.1. The number of aromatic nitrogens is 1. The molecule has 0 aromatic carbocycles. The van der Waals surface area contributed by atoms with E-state index in [9.17, 15) is 0 Å². The summed E-state index contributed by atoms with van der Waals surface area (Å²) in [6.07, 6.45) is 2.47. The Labute approximate surface area is 90.1 Å². The fourth-order valence-electron chi connectivity index (χ4n) is 0.979. The van der Waals surface area contributed by atoms with E-state index in [2.05, 4.69) is 16.9 Å². The predicted octanol–water partition coefficient (Wildman–Crippen LogP) is 2.12. The first-order chi connectivity index (χ1) is 6.68. The lowest BCUT2D eigenvalue weighted by Crippen LogP contribution is -2.25. The van der Waals surface area contributed by atoms with Gasteiger partial charge in [-0.2, -0.15) is 0 Å². The molecular weight excluding hydrogens is 192 g/mol. The Bertz CT molecular complexity index is 319. The molecule has 0 spiro atoms. The maximum atomic E-state index is 5.16. The minimum absolute atomic E-state index is 0.698. The first-order valence-electron chi connectivity index (χ1n) is 4.49. The fourth-order valence-corrected chi connectivity index (χ4v) is 1.20. The van der Waals surface area contributed by atoms with Crippen molar-refractivity contribution in [2.75, 3.05) is 6.54 Å². The molecule has 0 saturated heterocycles. The Morgan fingerprint density at radius 1 is 1.57 bits per heavy atom. The molecular formula is C11H14N2S. The van der Waals surface area contributed by atoms with Gasteiger partial charge in [-0.05, 0) is 19.1 Å². The van der Waals surface area contributed by atoms with Crippen molar-refractivity contribution in [3.8, 4) is 0 Å². The molecule has 0 atom stereocenters. The SMILES string of the molecule is C=C(C)CNC(=S)Cc1ccccn1. The Kier molecular flexibility index (Phi) is 4.26. The highest BCUT2D eigenvalue weighted by Gasteiger charge is 1.98. The summed E-state index contributed by atoms with van der Waals surface area (Å²) >= 11 is 5.16. The summed E-state index contributed by atoms with van der Waals surface area (Å²) in [5.41, 5.74) is 2.07. The monoisotopic (exact) mass is 206 g/mol. The molecule has 14 heavy (non-hydrogen) atoms. The third-order valence-corrected chi connectivity index (χ3v) is 1.94. The van der Waals surface area contributed by atoms with Crippen LogP contribution in [0.3, 0.4) is 0 Å². The molecule has 1 aromatic heterocycles. The molecule has 74 valence electrons. The Morgan fingerprint density at radius 2 is 2.36 bits per heavy atom. The first-order valence-corrected chi connectivity index (χ1v) is 4.90. The number of hydrogen-bond acceptors (Lipinski definition) is 2. The average Bonchev–Trinajstić information content (AvgIpc) is 2.16. The van der Waals surface area contributed by atoms with Crippen LogP contribution in [-0.4, -0.2) is 16.5 Å². The maximum Gasteiger partial charge on any atom is 0.0816 e. The van der Waals surface area contributed by atoms with E-state index < -0.39 is 0 Å². The van der Waals surface area contributed by atoms with Gasteiger partial charge in [-0.1, -0.05) is 30.4 Å². The molecule has 1 heterocycles. The van der Waals surface area contributed by atoms with E-state index in [0.717, 1.165) is 22.8 Å². The lowest BCUT2D eigenvalue weighted by atomic mass is 10.2. The number of nitrogens with zero attached hydrogens (tertiary/aromatic N) is 1. The Morgan fingerprint density at radius 3 is 2.93 bits per heavy atom. The van der Waals surface area contributed by atoms with Gasteiger partial charge in [0.2, 0.25) is 0 Å². The zero-order chi connectivity index (χ0) is 10.4. The van der Waals surface area contributed by atoms with Crippen molar-refractivity contribution in [3.63, 3.8) is 0 Å². The minimum Gasteiger partial charge on any atom is -0.376 e. The average molecular weight is 206 g/mol. The summed E-state index contributed by atoms with van der Waals surface area (Å²) in [6.45, 7) is 6.51. The van der Waals surface area contributed by atoms with Crippen molar-refractivity contribution >= 4 is 17.2 Å². The predicted molar refractivity (Wildman–Crippen MR) is 63.4 cm³/mol. The van der Waals surface area contributed by atoms with E-state index in [0.29, 0.717) is 6.42 Å². The maximum absolute atomic E-state index is 5.16. The second-order valence-electron chi connectivity index (χ2n) is 3.23. The van der Waals surface area contributed by atoms with Crippen molar-refractivity contribution in [1.29, 1.82) is 0 Å². The van der Waals surface area contributed by atoms with Crippen LogP contribution in [0.4, 0.5) is 0 Å². The second-order valence-corrected chi connectivity index (χ2v) is 3.72. The molecule has 1 N–H and O–H groups in total. The summed E-state index contributed by atoms with van der Waals surface area (Å²) in [5, 5.41) is 3.12. The third kappa shape index (κ3) is 4.14. The third-order valence-electron chi connectivity index (χ3n) is 1.66. The van der Waals surface area contributed by atoms with Gasteiger partial charge in [-0.25, -0.2) is 0 Å². The van der Waals surface area contributed by atoms with Crippen LogP contribution in [0.2, 0.25) is 0 Å². The van der Waals surface area contributed by atoms with E-state index in [4.69, 9.17) is 12.2 Å². The van der Waals surface area contributed by atoms with Crippen molar-refractivity contribution in [1.82, 2.24) is 10.3 Å². The number of nitrogens with one attached hydrogen (secondary N) is 1. The molecule has 0 fully saturated rings. The van der Waals surface area contributed by atoms with Crippen LogP contribution < -0.4 is 5.32 Å². The van der Waals surface area contributed by atoms with Gasteiger partial charge in [-0.3, -0.25) is 4.98 Å². The first kappa shape index (κ1) is 10.9. The lowest BCUT2D eigenvalue weighted by Gasteiger charge is -2.06. The number of thiocarbonyl (C=S) groups is 1. The van der Waals surface area contributed by atoms with Gasteiger partial charge in [0.1, 0.15) is 0 Å². The molecule has 0 aliphatic heterocycles. The van der Waals surface area contributed by atoms with Gasteiger partial charge in [0.25, 0.3) is 0 Å². The molecule has 0 unspecified atom stereocenters. The van der Waals surface area contributed by atoms with Gasteiger partial charge >= 0.3 is 0 Å². The highest BCUT2D eigenvalue weighted by Crippen LogP contribution is 1.95. The van der Waals surface area contributed by atoms with Crippen molar-refractivity contribution in [3.05, 3.63) is 42.2 Å². The number of rotatable bonds is 4. The standard InChI is InChI=1S/C11H14N2S/c1-9(2)8-13-11(14)7-10-5-3-4-6-12-10/h3-6H,1,7-8H2,2H3,(H,13,14). The quantitative estimate of drug-likeness (QED) is 0.603. The van der Waals surface area contributed by atoms with E-state index >= 15 is 0 Å². The molecule has 1 aromatic rings. The van der Waals surface area contributed by atoms with Gasteiger partial charge in [0.15, 0.2) is 0 Å². The number of pyridine rings is 1. The van der Waals surface area contributed by atoms with E-state index in [-0.39, 0.29) is 0 Å². The van der Waals surface area contributed by atoms with Crippen LogP contribution in [0, 0.1) is 0 Å². The van der Waals surface area contributed by atoms with Crippen LogP contribution >= 0.6 is 12.2 Å². The summed E-state index contributed by atoms with van der Waals surface area (Å²) < 4.78 is 0. The van der Waals surface area contributed by atoms with E-state index in [1.54, 1.807) is 6.20 Å². The smallest absolute Gasteiger partial charge is 0.0816 e. The van der Waals surface area contributed by atoms with Crippen LogP contribution in [-0.2, 0) is 6.42 Å². The van der Waals surface area contributed by atoms with Gasteiger partial charge in [0.05, 0.1) is 4.99 Å². The fraction of sp³-hybridized carbons (Fsp3) is 0.273. The molecule has 0 amide bonds. The Balaban J connectivity index is 2.38. The topological polar surface area (TPSA) is 24.9 Å². The minimum atomic E-state index is 0.698. The van der Waals surface area contributed by atoms with Crippen molar-refractivity contribution < 1.29 is 0 Å². The molecule has 0 radical (unpaired) electrons. The molecule has 0 aliphatic rings.